The number of fused-ring (bicyclic) bond motifs is 1. The van der Waals surface area contributed by atoms with Gasteiger partial charge in [-0.05, 0) is 18.6 Å². The third-order valence-corrected chi connectivity index (χ3v) is 3.59. The van der Waals surface area contributed by atoms with Gasteiger partial charge >= 0.3 is 0 Å². The normalized spacial score (nSPS) is 11.2. The quantitative estimate of drug-likeness (QED) is 0.727. The molecule has 0 bridgehead atoms. The highest BCUT2D eigenvalue weighted by Crippen LogP contribution is 2.26. The first-order chi connectivity index (χ1) is 8.28. The lowest BCUT2D eigenvalue weighted by Gasteiger charge is -1.95. The van der Waals surface area contributed by atoms with Gasteiger partial charge in [-0.1, -0.05) is 12.1 Å². The van der Waals surface area contributed by atoms with E-state index >= 15 is 0 Å². The fraction of sp³-hybridized carbons (Fsp3) is 0.167. The number of hydrogen-bond donors (Lipinski definition) is 2. The van der Waals surface area contributed by atoms with Crippen molar-refractivity contribution in [1.82, 2.24) is 15.0 Å². The molecule has 0 unspecified atom stereocenters. The molecule has 0 aliphatic rings. The Hall–Kier alpha value is -1.72. The van der Waals surface area contributed by atoms with Gasteiger partial charge in [0.05, 0.1) is 20.9 Å². The zero-order chi connectivity index (χ0) is 11.8. The van der Waals surface area contributed by atoms with Crippen molar-refractivity contribution in [3.63, 3.8) is 0 Å². The van der Waals surface area contributed by atoms with Gasteiger partial charge in [-0.25, -0.2) is 9.97 Å². The van der Waals surface area contributed by atoms with Crippen molar-refractivity contribution in [2.45, 2.75) is 13.5 Å². The molecule has 0 spiro atoms. The summed E-state index contributed by atoms with van der Waals surface area (Å²) in [5.41, 5.74) is 8.74. The second-order valence-electron chi connectivity index (χ2n) is 3.85. The molecule has 1 aromatic carbocycles. The first-order valence-electron chi connectivity index (χ1n) is 5.38. The van der Waals surface area contributed by atoms with Crippen molar-refractivity contribution in [2.75, 3.05) is 0 Å². The summed E-state index contributed by atoms with van der Waals surface area (Å²) >= 11 is 1.63. The number of nitrogens with two attached hydrogens (primary N) is 1. The van der Waals surface area contributed by atoms with E-state index in [9.17, 15) is 0 Å². The zero-order valence-electron chi connectivity index (χ0n) is 9.40. The maximum atomic E-state index is 5.70. The predicted molar refractivity (Wildman–Crippen MR) is 69.8 cm³/mol. The van der Waals surface area contributed by atoms with Crippen LogP contribution in [0.4, 0.5) is 0 Å². The Morgan fingerprint density at radius 2 is 2.29 bits per heavy atom. The minimum absolute atomic E-state index is 0.503. The highest BCUT2D eigenvalue weighted by Gasteiger charge is 2.09. The molecule has 0 amide bonds. The van der Waals surface area contributed by atoms with E-state index in [4.69, 9.17) is 5.73 Å². The second kappa shape index (κ2) is 3.94. The molecule has 3 N–H and O–H groups in total. The summed E-state index contributed by atoms with van der Waals surface area (Å²) in [5, 5.41) is 1.04. The summed E-state index contributed by atoms with van der Waals surface area (Å²) in [6.45, 7) is 2.49. The van der Waals surface area contributed by atoms with Crippen molar-refractivity contribution in [3.05, 3.63) is 35.0 Å². The Morgan fingerprint density at radius 3 is 3.00 bits per heavy atom. The summed E-state index contributed by atoms with van der Waals surface area (Å²) in [7, 11) is 0. The highest BCUT2D eigenvalue weighted by molar-refractivity contribution is 7.14. The predicted octanol–water partition coefficient (Wildman–Crippen LogP) is 2.45. The number of aryl methyl sites for hydroxylation is 1. The maximum absolute atomic E-state index is 5.70. The van der Waals surface area contributed by atoms with E-state index in [1.54, 1.807) is 11.3 Å². The Labute approximate surface area is 103 Å². The largest absolute Gasteiger partial charge is 0.337 e. The van der Waals surface area contributed by atoms with Crippen LogP contribution in [0.5, 0.6) is 0 Å². The summed E-state index contributed by atoms with van der Waals surface area (Å²) < 4.78 is 0. The number of H-pyrrole nitrogens is 1. The molecule has 5 heteroatoms. The molecule has 3 aromatic rings. The number of aromatic amines is 1. The van der Waals surface area contributed by atoms with Crippen molar-refractivity contribution in [1.29, 1.82) is 0 Å². The molecule has 0 fully saturated rings. The lowest BCUT2D eigenvalue weighted by Crippen LogP contribution is -1.96. The fourth-order valence-corrected chi connectivity index (χ4v) is 2.57. The van der Waals surface area contributed by atoms with Gasteiger partial charge < -0.3 is 10.7 Å². The van der Waals surface area contributed by atoms with Gasteiger partial charge in [-0.15, -0.1) is 11.3 Å². The van der Waals surface area contributed by atoms with E-state index in [0.717, 1.165) is 32.3 Å². The molecule has 86 valence electrons. The average molecular weight is 244 g/mol. The van der Waals surface area contributed by atoms with Gasteiger partial charge in [-0.3, -0.25) is 0 Å². The minimum Gasteiger partial charge on any atom is -0.337 e. The molecule has 0 aliphatic heterocycles. The fourth-order valence-electron chi connectivity index (χ4n) is 1.84. The van der Waals surface area contributed by atoms with Gasteiger partial charge in [0.1, 0.15) is 5.82 Å². The number of aromatic nitrogens is 3. The van der Waals surface area contributed by atoms with Crippen LogP contribution in [0, 0.1) is 6.92 Å². The Bertz CT molecular complexity index is 668. The first kappa shape index (κ1) is 10.4. The van der Waals surface area contributed by atoms with Crippen molar-refractivity contribution < 1.29 is 0 Å². The third kappa shape index (κ3) is 1.73. The highest BCUT2D eigenvalue weighted by atomic mass is 32.1. The van der Waals surface area contributed by atoms with Crippen LogP contribution in [0.15, 0.2) is 24.4 Å². The number of rotatable bonds is 2. The number of thiazole rings is 1. The summed E-state index contributed by atoms with van der Waals surface area (Å²) in [6.07, 6.45) is 1.85. The van der Waals surface area contributed by atoms with E-state index in [2.05, 4.69) is 15.0 Å². The van der Waals surface area contributed by atoms with Crippen molar-refractivity contribution in [3.8, 4) is 10.7 Å². The number of hydrogen-bond acceptors (Lipinski definition) is 4. The van der Waals surface area contributed by atoms with Crippen LogP contribution < -0.4 is 5.73 Å². The molecule has 2 aromatic heterocycles. The van der Waals surface area contributed by atoms with Crippen LogP contribution in [0.25, 0.3) is 21.7 Å². The van der Waals surface area contributed by atoms with E-state index in [0.29, 0.717) is 6.54 Å². The number of nitrogens with zero attached hydrogens (tertiary/aromatic N) is 2. The summed E-state index contributed by atoms with van der Waals surface area (Å²) in [5.74, 6) is 0.867. The Balaban J connectivity index is 2.19. The lowest BCUT2D eigenvalue weighted by molar-refractivity contribution is 1.08. The molecule has 4 nitrogen and oxygen atoms in total. The standard InChI is InChI=1S/C12H12N4S/c1-7-14-6-10(17-7)12-15-9-4-2-3-8(5-13)11(9)16-12/h2-4,6H,5,13H2,1H3,(H,15,16). The molecule has 3 rings (SSSR count). The maximum Gasteiger partial charge on any atom is 0.150 e. The van der Waals surface area contributed by atoms with Gasteiger partial charge in [-0.2, -0.15) is 0 Å². The molecule has 0 radical (unpaired) electrons. The third-order valence-electron chi connectivity index (χ3n) is 2.67. The molecule has 0 saturated carbocycles. The number of benzene rings is 1. The van der Waals surface area contributed by atoms with Crippen LogP contribution in [-0.4, -0.2) is 15.0 Å². The molecule has 0 saturated heterocycles. The van der Waals surface area contributed by atoms with Crippen molar-refractivity contribution in [2.24, 2.45) is 5.73 Å². The molecule has 2 heterocycles. The Kier molecular flexibility index (Phi) is 2.42. The molecule has 17 heavy (non-hydrogen) atoms. The molecule has 0 aliphatic carbocycles. The average Bonchev–Trinajstić information content (AvgIpc) is 2.93. The Morgan fingerprint density at radius 1 is 1.41 bits per heavy atom. The summed E-state index contributed by atoms with van der Waals surface area (Å²) in [6, 6.07) is 6.01. The first-order valence-corrected chi connectivity index (χ1v) is 6.20. The SMILES string of the molecule is Cc1ncc(-c2nc3c(CN)cccc3[nH]2)s1. The number of para-hydroxylation sites is 1. The molecular weight excluding hydrogens is 232 g/mol. The van der Waals surface area contributed by atoms with E-state index < -0.39 is 0 Å². The van der Waals surface area contributed by atoms with E-state index in [1.165, 1.54) is 0 Å². The van der Waals surface area contributed by atoms with Gasteiger partial charge in [0.15, 0.2) is 0 Å². The molecular formula is C12H12N4S. The van der Waals surface area contributed by atoms with Gasteiger partial charge in [0.25, 0.3) is 0 Å². The van der Waals surface area contributed by atoms with Crippen LogP contribution >= 0.6 is 11.3 Å². The van der Waals surface area contributed by atoms with Crippen molar-refractivity contribution >= 4 is 22.4 Å². The van der Waals surface area contributed by atoms with Crippen LogP contribution in [0.2, 0.25) is 0 Å². The number of imidazole rings is 1. The number of nitrogens with one attached hydrogen (secondary N) is 1. The van der Waals surface area contributed by atoms with Gasteiger partial charge in [0, 0.05) is 12.7 Å². The molecule has 0 atom stereocenters. The topological polar surface area (TPSA) is 67.6 Å². The minimum atomic E-state index is 0.503. The smallest absolute Gasteiger partial charge is 0.150 e. The van der Waals surface area contributed by atoms with Crippen LogP contribution in [0.1, 0.15) is 10.6 Å². The zero-order valence-corrected chi connectivity index (χ0v) is 10.2. The van der Waals surface area contributed by atoms with Gasteiger partial charge in [0.2, 0.25) is 0 Å². The van der Waals surface area contributed by atoms with E-state index in [-0.39, 0.29) is 0 Å². The monoisotopic (exact) mass is 244 g/mol. The van der Waals surface area contributed by atoms with Crippen LogP contribution in [-0.2, 0) is 6.54 Å². The lowest BCUT2D eigenvalue weighted by atomic mass is 10.2. The van der Waals surface area contributed by atoms with Crippen LogP contribution in [0.3, 0.4) is 0 Å². The van der Waals surface area contributed by atoms with E-state index in [1.807, 2.05) is 31.3 Å². The second-order valence-corrected chi connectivity index (χ2v) is 5.08. The summed E-state index contributed by atoms with van der Waals surface area (Å²) in [4.78, 5) is 13.2.